The van der Waals surface area contributed by atoms with E-state index in [4.69, 9.17) is 14.2 Å². The Kier molecular flexibility index (Phi) is 11.3. The number of aliphatic hydroxyl groups is 1. The number of hydrogen-bond acceptors (Lipinski definition) is 8. The topological polar surface area (TPSA) is 118 Å². The van der Waals surface area contributed by atoms with E-state index in [0.29, 0.717) is 41.2 Å². The van der Waals surface area contributed by atoms with Crippen LogP contribution in [-0.2, 0) is 24.5 Å². The molecule has 4 aliphatic heterocycles. The number of methoxy groups -OCH3 is 1. The zero-order chi connectivity index (χ0) is 41.9. The molecule has 10 nitrogen and oxygen atoms in total. The van der Waals surface area contributed by atoms with Crippen molar-refractivity contribution in [3.8, 4) is 23.3 Å². The van der Waals surface area contributed by atoms with Crippen LogP contribution in [0.25, 0.3) is 0 Å². The van der Waals surface area contributed by atoms with Gasteiger partial charge in [0.1, 0.15) is 35.7 Å². The first-order chi connectivity index (χ1) is 29.9. The summed E-state index contributed by atoms with van der Waals surface area (Å²) in [6, 6.07) is 37.5. The fourth-order valence-electron chi connectivity index (χ4n) is 10.1. The summed E-state index contributed by atoms with van der Waals surface area (Å²) in [7, 11) is 1.62. The summed E-state index contributed by atoms with van der Waals surface area (Å²) in [5, 5.41) is 12.9. The number of anilines is 1. The van der Waals surface area contributed by atoms with E-state index < -0.39 is 41.5 Å². The van der Waals surface area contributed by atoms with Gasteiger partial charge in [-0.25, -0.2) is 0 Å². The summed E-state index contributed by atoms with van der Waals surface area (Å²) in [4.78, 5) is 50.7. The number of hydrogen-bond donors (Lipinski definition) is 2. The highest BCUT2D eigenvalue weighted by Crippen LogP contribution is 2.65. The predicted octanol–water partition coefficient (Wildman–Crippen LogP) is 7.53. The number of likely N-dealkylation sites (tertiary alicyclic amines) is 1. The van der Waals surface area contributed by atoms with Crippen molar-refractivity contribution in [2.45, 2.75) is 61.7 Å². The van der Waals surface area contributed by atoms with Crippen LogP contribution < -0.4 is 14.8 Å². The van der Waals surface area contributed by atoms with Crippen LogP contribution in [0, 0.1) is 17.8 Å². The van der Waals surface area contributed by atoms with Crippen LogP contribution in [0.2, 0.25) is 0 Å². The maximum Gasteiger partial charge on any atom is 0.324 e. The van der Waals surface area contributed by atoms with Gasteiger partial charge in [-0.2, -0.15) is 0 Å². The van der Waals surface area contributed by atoms with Gasteiger partial charge in [0.2, 0.25) is 11.8 Å². The lowest BCUT2D eigenvalue weighted by molar-refractivity contribution is -0.179. The molecule has 0 unspecified atom stereocenters. The number of nitrogens with zero attached hydrogens (tertiary/aromatic N) is 2. The molecular formula is C51H49N3O7. The molecule has 5 aromatic rings. The first-order valence-corrected chi connectivity index (χ1v) is 21.2. The summed E-state index contributed by atoms with van der Waals surface area (Å²) in [6.07, 6.45) is 3.97. The van der Waals surface area contributed by atoms with Gasteiger partial charge in [0.25, 0.3) is 0 Å². The Morgan fingerprint density at radius 2 is 1.41 bits per heavy atom. The molecular weight excluding hydrogens is 767 g/mol. The van der Waals surface area contributed by atoms with E-state index in [9.17, 15) is 5.11 Å². The summed E-state index contributed by atoms with van der Waals surface area (Å²) in [6.45, 7) is 0.934. The monoisotopic (exact) mass is 815 g/mol. The Hall–Kier alpha value is -6.41. The quantitative estimate of drug-likeness (QED) is 0.122. The average molecular weight is 816 g/mol. The average Bonchev–Trinajstić information content (AvgIpc) is 3.76. The third-order valence-electron chi connectivity index (χ3n) is 12.7. The van der Waals surface area contributed by atoms with Gasteiger partial charge in [-0.1, -0.05) is 104 Å². The molecule has 310 valence electrons. The number of rotatable bonds is 8. The molecule has 0 saturated carbocycles. The van der Waals surface area contributed by atoms with Gasteiger partial charge in [-0.15, -0.1) is 0 Å². The van der Waals surface area contributed by atoms with Crippen LogP contribution in [0.4, 0.5) is 5.69 Å². The predicted molar refractivity (Wildman–Crippen MR) is 231 cm³/mol. The van der Waals surface area contributed by atoms with Crippen molar-refractivity contribution in [3.63, 3.8) is 0 Å². The molecule has 4 heterocycles. The van der Waals surface area contributed by atoms with E-state index in [1.807, 2.05) is 132 Å². The van der Waals surface area contributed by atoms with Gasteiger partial charge in [-0.3, -0.25) is 19.3 Å². The number of morpholine rings is 1. The van der Waals surface area contributed by atoms with Crippen molar-refractivity contribution < 1.29 is 33.7 Å². The Morgan fingerprint density at radius 1 is 0.754 bits per heavy atom. The number of carbonyl (C=O) groups excluding carboxylic acids is 3. The van der Waals surface area contributed by atoms with Gasteiger partial charge >= 0.3 is 5.97 Å². The van der Waals surface area contributed by atoms with Crippen molar-refractivity contribution in [1.82, 2.24) is 9.80 Å². The lowest BCUT2D eigenvalue weighted by Gasteiger charge is -2.46. The standard InChI is InChI=1S/C51H49N3O7/c1-59-39-25-22-34(23-26-39)20-21-35-24-27-42-41(32-35)51(50(58)52-42)43(48(56)53-28-11-3-2-4-12-29-53)45-49(57)61-46(37-16-9-6-10-17-37)44(36-14-7-5-8-15-36)54(45)47(51)38-18-13-19-40(33-38)60-31-30-55/h5-10,13-19,22-27,32-33,43-47,55H,2-4,11-12,28-31H2,1H3,(H,52,58)/t43-,44-,45-,46+,47+,51-/m0/s1. The molecule has 10 heteroatoms. The molecule has 61 heavy (non-hydrogen) atoms. The number of amides is 2. The van der Waals surface area contributed by atoms with Gasteiger partial charge in [0, 0.05) is 29.9 Å². The van der Waals surface area contributed by atoms with Crippen molar-refractivity contribution >= 4 is 23.5 Å². The minimum Gasteiger partial charge on any atom is -0.497 e. The van der Waals surface area contributed by atoms with E-state index in [1.165, 1.54) is 0 Å². The van der Waals surface area contributed by atoms with Crippen LogP contribution in [0.1, 0.15) is 83.7 Å². The van der Waals surface area contributed by atoms with Gasteiger partial charge in [-0.05, 0) is 89.7 Å². The maximum absolute atomic E-state index is 15.8. The smallest absolute Gasteiger partial charge is 0.324 e. The third-order valence-corrected chi connectivity index (χ3v) is 12.7. The molecule has 2 amide bonds. The summed E-state index contributed by atoms with van der Waals surface area (Å²) >= 11 is 0. The normalized spacial score (nSPS) is 24.6. The van der Waals surface area contributed by atoms with E-state index >= 15 is 14.4 Å². The number of nitrogens with one attached hydrogen (secondary N) is 1. The highest BCUT2D eigenvalue weighted by Gasteiger charge is 2.74. The maximum atomic E-state index is 15.8. The largest absolute Gasteiger partial charge is 0.497 e. The first-order valence-electron chi connectivity index (χ1n) is 21.2. The molecule has 4 aliphatic rings. The SMILES string of the molecule is COc1ccc(C#Cc2ccc3c(c2)[C@]2(C(=O)N3)[C@H](C(=O)N3CCCCCCC3)[C@H]3C(=O)O[C@H](c4ccccc4)[C@H](c4ccccc4)N3[C@@H]2c2cccc(OCCO)c2)cc1. The van der Waals surface area contributed by atoms with Crippen LogP contribution >= 0.6 is 0 Å². The van der Waals surface area contributed by atoms with Gasteiger partial charge < -0.3 is 29.5 Å². The summed E-state index contributed by atoms with van der Waals surface area (Å²) in [5.41, 5.74) is 3.31. The Bertz CT molecular complexity index is 2460. The molecule has 0 aliphatic carbocycles. The van der Waals surface area contributed by atoms with Crippen molar-refractivity contribution in [2.75, 3.05) is 38.7 Å². The molecule has 3 saturated heterocycles. The molecule has 5 aromatic carbocycles. The Balaban J connectivity index is 1.31. The van der Waals surface area contributed by atoms with E-state index in [2.05, 4.69) is 22.1 Å². The molecule has 1 spiro atoms. The second-order valence-electron chi connectivity index (χ2n) is 16.2. The van der Waals surface area contributed by atoms with Gasteiger partial charge in [0.15, 0.2) is 0 Å². The molecule has 0 bridgehead atoms. The Morgan fingerprint density at radius 3 is 2.11 bits per heavy atom. The fraction of sp³-hybridized carbons (Fsp3) is 0.314. The van der Waals surface area contributed by atoms with E-state index in [1.54, 1.807) is 7.11 Å². The number of ether oxygens (including phenoxy) is 3. The summed E-state index contributed by atoms with van der Waals surface area (Å²) in [5.74, 6) is 5.45. The first kappa shape index (κ1) is 40.0. The fourth-order valence-corrected chi connectivity index (χ4v) is 10.1. The molecule has 0 aromatic heterocycles. The number of carbonyl (C=O) groups is 3. The molecule has 9 rings (SSSR count). The van der Waals surface area contributed by atoms with Crippen LogP contribution in [-0.4, -0.2) is 72.1 Å². The van der Waals surface area contributed by atoms with Crippen LogP contribution in [0.5, 0.6) is 11.5 Å². The van der Waals surface area contributed by atoms with Crippen molar-refractivity contribution in [3.05, 3.63) is 161 Å². The minimum absolute atomic E-state index is 0.0657. The number of fused-ring (bicyclic) bond motifs is 3. The second-order valence-corrected chi connectivity index (χ2v) is 16.2. The molecule has 0 radical (unpaired) electrons. The summed E-state index contributed by atoms with van der Waals surface area (Å²) < 4.78 is 18.0. The number of cyclic esters (lactones) is 1. The molecule has 2 N–H and O–H groups in total. The third kappa shape index (κ3) is 7.32. The lowest BCUT2D eigenvalue weighted by Crippen LogP contribution is -2.55. The van der Waals surface area contributed by atoms with Crippen molar-refractivity contribution in [2.24, 2.45) is 5.92 Å². The van der Waals surface area contributed by atoms with E-state index in [0.717, 1.165) is 54.5 Å². The minimum atomic E-state index is -1.63. The Labute approximate surface area is 356 Å². The molecule has 3 fully saturated rings. The number of aliphatic hydroxyl groups excluding tert-OH is 1. The number of esters is 1. The van der Waals surface area contributed by atoms with Crippen molar-refractivity contribution in [1.29, 1.82) is 0 Å². The zero-order valence-corrected chi connectivity index (χ0v) is 34.2. The molecule has 6 atom stereocenters. The highest BCUT2D eigenvalue weighted by molar-refractivity contribution is 6.12. The van der Waals surface area contributed by atoms with Crippen LogP contribution in [0.3, 0.4) is 0 Å². The zero-order valence-electron chi connectivity index (χ0n) is 34.2. The van der Waals surface area contributed by atoms with Gasteiger partial charge in [0.05, 0.1) is 31.7 Å². The van der Waals surface area contributed by atoms with E-state index in [-0.39, 0.29) is 25.0 Å². The number of benzene rings is 5. The lowest BCUT2D eigenvalue weighted by atomic mass is 9.65. The second kappa shape index (κ2) is 17.3. The highest BCUT2D eigenvalue weighted by atomic mass is 16.6. The van der Waals surface area contributed by atoms with Crippen LogP contribution in [0.15, 0.2) is 127 Å².